The van der Waals surface area contributed by atoms with Gasteiger partial charge in [-0.1, -0.05) is 0 Å². The first-order chi connectivity index (χ1) is 7.89. The second kappa shape index (κ2) is 3.92. The molecule has 18 heavy (non-hydrogen) atoms. The first-order valence-electron chi connectivity index (χ1n) is 4.38. The molecule has 9 heteroatoms. The van der Waals surface area contributed by atoms with Gasteiger partial charge >= 0.3 is 18.0 Å². The maximum Gasteiger partial charge on any atom is 0.460 e. The summed E-state index contributed by atoms with van der Waals surface area (Å²) in [4.78, 5) is 0. The number of rotatable bonds is 2. The topological polar surface area (TPSA) is 52.0 Å². The van der Waals surface area contributed by atoms with Crippen LogP contribution in [-0.2, 0) is 5.92 Å². The van der Waals surface area contributed by atoms with Crippen molar-refractivity contribution in [3.8, 4) is 0 Å². The van der Waals surface area contributed by atoms with Crippen LogP contribution >= 0.6 is 0 Å². The molecule has 0 radical (unpaired) electrons. The number of alkyl halides is 7. The quantitative estimate of drug-likeness (QED) is 0.644. The molecule has 0 heterocycles. The SMILES string of the molecule is Nc1cc(N)cc(C(F)(F)C(F)(F)C(F)(F)F)c1. The molecule has 0 aliphatic heterocycles. The van der Waals surface area contributed by atoms with E-state index in [0.29, 0.717) is 12.1 Å². The normalized spacial score (nSPS) is 13.7. The number of anilines is 2. The third kappa shape index (κ3) is 2.16. The third-order valence-corrected chi connectivity index (χ3v) is 2.09. The minimum atomic E-state index is -6.39. The van der Waals surface area contributed by atoms with Crippen LogP contribution in [-0.4, -0.2) is 12.1 Å². The first-order valence-corrected chi connectivity index (χ1v) is 4.38. The highest BCUT2D eigenvalue weighted by atomic mass is 19.4. The molecule has 0 atom stereocenters. The van der Waals surface area contributed by atoms with Gasteiger partial charge in [0, 0.05) is 16.9 Å². The predicted molar refractivity (Wildman–Crippen MR) is 50.2 cm³/mol. The minimum absolute atomic E-state index is 0.315. The summed E-state index contributed by atoms with van der Waals surface area (Å²) in [5.74, 6) is -11.7. The molecule has 0 spiro atoms. The second-order valence-corrected chi connectivity index (χ2v) is 3.53. The molecule has 0 aromatic heterocycles. The van der Waals surface area contributed by atoms with Crippen molar-refractivity contribution in [3.63, 3.8) is 0 Å². The van der Waals surface area contributed by atoms with E-state index >= 15 is 0 Å². The Labute approximate surface area is 96.4 Å². The zero-order valence-electron chi connectivity index (χ0n) is 8.53. The van der Waals surface area contributed by atoms with E-state index in [-0.39, 0.29) is 0 Å². The molecule has 4 N–H and O–H groups in total. The summed E-state index contributed by atoms with van der Waals surface area (Å²) in [6.07, 6.45) is -6.39. The lowest BCUT2D eigenvalue weighted by atomic mass is 10.0. The molecule has 1 aromatic carbocycles. The highest BCUT2D eigenvalue weighted by molar-refractivity contribution is 5.55. The molecule has 0 fully saturated rings. The van der Waals surface area contributed by atoms with Gasteiger partial charge in [-0.05, 0) is 18.2 Å². The van der Waals surface area contributed by atoms with Gasteiger partial charge in [-0.2, -0.15) is 30.7 Å². The van der Waals surface area contributed by atoms with Crippen molar-refractivity contribution in [1.82, 2.24) is 0 Å². The minimum Gasteiger partial charge on any atom is -0.399 e. The maximum absolute atomic E-state index is 13.2. The van der Waals surface area contributed by atoms with E-state index in [0.717, 1.165) is 6.07 Å². The van der Waals surface area contributed by atoms with Crippen molar-refractivity contribution in [2.24, 2.45) is 0 Å². The van der Waals surface area contributed by atoms with Gasteiger partial charge in [-0.25, -0.2) is 0 Å². The molecule has 102 valence electrons. The van der Waals surface area contributed by atoms with E-state index in [9.17, 15) is 30.7 Å². The largest absolute Gasteiger partial charge is 0.460 e. The number of benzene rings is 1. The van der Waals surface area contributed by atoms with Gasteiger partial charge in [0.05, 0.1) is 0 Å². The Morgan fingerprint density at radius 3 is 1.44 bits per heavy atom. The third-order valence-electron chi connectivity index (χ3n) is 2.09. The molecular formula is C9H7F7N2. The summed E-state index contributed by atoms with van der Waals surface area (Å²) in [5.41, 5.74) is 7.66. The summed E-state index contributed by atoms with van der Waals surface area (Å²) in [6.45, 7) is 0. The van der Waals surface area contributed by atoms with Crippen molar-refractivity contribution in [2.75, 3.05) is 11.5 Å². The number of nitrogens with two attached hydrogens (primary N) is 2. The summed E-state index contributed by atoms with van der Waals surface area (Å²) >= 11 is 0. The molecule has 2 nitrogen and oxygen atoms in total. The molecule has 0 aliphatic rings. The number of nitrogen functional groups attached to an aromatic ring is 2. The van der Waals surface area contributed by atoms with Gasteiger partial charge in [0.25, 0.3) is 0 Å². The van der Waals surface area contributed by atoms with Gasteiger partial charge in [0.2, 0.25) is 0 Å². The zero-order valence-corrected chi connectivity index (χ0v) is 8.53. The Balaban J connectivity index is 3.37. The van der Waals surface area contributed by atoms with Gasteiger partial charge in [0.1, 0.15) is 0 Å². The molecule has 0 aliphatic carbocycles. The standard InChI is InChI=1S/C9H7F7N2/c10-7(11,8(12,13)9(14,15)16)4-1-5(17)3-6(18)2-4/h1-3H,17-18H2. The summed E-state index contributed by atoms with van der Waals surface area (Å²) in [7, 11) is 0. The molecule has 0 saturated heterocycles. The highest BCUT2D eigenvalue weighted by Crippen LogP contribution is 2.52. The van der Waals surface area contributed by atoms with Crippen LogP contribution in [0.15, 0.2) is 18.2 Å². The van der Waals surface area contributed by atoms with E-state index in [2.05, 4.69) is 0 Å². The average molecular weight is 276 g/mol. The summed E-state index contributed by atoms with van der Waals surface area (Å²) in [6, 6.07) is 1.58. The molecule has 0 saturated carbocycles. The van der Waals surface area contributed by atoms with Crippen molar-refractivity contribution < 1.29 is 30.7 Å². The molecule has 0 bridgehead atoms. The number of hydrogen-bond donors (Lipinski definition) is 2. The van der Waals surface area contributed by atoms with Gasteiger partial charge in [-0.3, -0.25) is 0 Å². The van der Waals surface area contributed by atoms with E-state index in [1.807, 2.05) is 0 Å². The average Bonchev–Trinajstić information content (AvgIpc) is 2.13. The molecule has 0 unspecified atom stereocenters. The van der Waals surface area contributed by atoms with E-state index in [1.54, 1.807) is 0 Å². The lowest BCUT2D eigenvalue weighted by molar-refractivity contribution is -0.359. The van der Waals surface area contributed by atoms with Gasteiger partial charge in [-0.15, -0.1) is 0 Å². The smallest absolute Gasteiger partial charge is 0.399 e. The Morgan fingerprint density at radius 1 is 0.722 bits per heavy atom. The Kier molecular flexibility index (Phi) is 3.14. The first kappa shape index (κ1) is 14.4. The Bertz CT molecular complexity index is 432. The number of halogens is 7. The zero-order chi connectivity index (χ0) is 14.4. The Morgan fingerprint density at radius 2 is 1.11 bits per heavy atom. The number of hydrogen-bond acceptors (Lipinski definition) is 2. The molecular weight excluding hydrogens is 269 g/mol. The lowest BCUT2D eigenvalue weighted by Gasteiger charge is -2.28. The summed E-state index contributed by atoms with van der Waals surface area (Å²) < 4.78 is 87.6. The Hall–Kier alpha value is -1.67. The van der Waals surface area contributed by atoms with E-state index < -0.39 is 35.0 Å². The van der Waals surface area contributed by atoms with Crippen molar-refractivity contribution in [3.05, 3.63) is 23.8 Å². The van der Waals surface area contributed by atoms with Crippen LogP contribution < -0.4 is 11.5 Å². The van der Waals surface area contributed by atoms with Crippen molar-refractivity contribution in [1.29, 1.82) is 0 Å². The van der Waals surface area contributed by atoms with Crippen LogP contribution in [0.4, 0.5) is 42.1 Å². The van der Waals surface area contributed by atoms with Crippen LogP contribution in [0.5, 0.6) is 0 Å². The fourth-order valence-corrected chi connectivity index (χ4v) is 1.22. The predicted octanol–water partition coefficient (Wildman–Crippen LogP) is 3.14. The van der Waals surface area contributed by atoms with Gasteiger partial charge in [0.15, 0.2) is 0 Å². The fraction of sp³-hybridized carbons (Fsp3) is 0.333. The maximum atomic E-state index is 13.2. The second-order valence-electron chi connectivity index (χ2n) is 3.53. The fourth-order valence-electron chi connectivity index (χ4n) is 1.22. The van der Waals surface area contributed by atoms with Crippen LogP contribution in [0.1, 0.15) is 5.56 Å². The summed E-state index contributed by atoms with van der Waals surface area (Å²) in [5, 5.41) is 0. The van der Waals surface area contributed by atoms with Crippen molar-refractivity contribution in [2.45, 2.75) is 18.0 Å². The van der Waals surface area contributed by atoms with Crippen LogP contribution in [0, 0.1) is 0 Å². The van der Waals surface area contributed by atoms with E-state index in [1.165, 1.54) is 0 Å². The van der Waals surface area contributed by atoms with Crippen LogP contribution in [0.25, 0.3) is 0 Å². The van der Waals surface area contributed by atoms with E-state index in [4.69, 9.17) is 11.5 Å². The monoisotopic (exact) mass is 276 g/mol. The van der Waals surface area contributed by atoms with Gasteiger partial charge < -0.3 is 11.5 Å². The highest BCUT2D eigenvalue weighted by Gasteiger charge is 2.73. The molecule has 1 aromatic rings. The van der Waals surface area contributed by atoms with Crippen molar-refractivity contribution >= 4 is 11.4 Å². The van der Waals surface area contributed by atoms with Crippen LogP contribution in [0.2, 0.25) is 0 Å². The molecule has 1 rings (SSSR count). The lowest BCUT2D eigenvalue weighted by Crippen LogP contribution is -2.50. The molecule has 0 amide bonds. The van der Waals surface area contributed by atoms with Crippen LogP contribution in [0.3, 0.4) is 0 Å².